The molecule has 1 aromatic heterocycles. The Labute approximate surface area is 129 Å². The van der Waals surface area contributed by atoms with E-state index in [4.69, 9.17) is 0 Å². The van der Waals surface area contributed by atoms with E-state index in [-0.39, 0.29) is 5.52 Å². The first-order valence-electron chi connectivity index (χ1n) is 6.75. The van der Waals surface area contributed by atoms with Crippen LogP contribution in [0.4, 0.5) is 24.5 Å². The zero-order valence-corrected chi connectivity index (χ0v) is 11.8. The molecule has 0 aliphatic rings. The van der Waals surface area contributed by atoms with Crippen LogP contribution in [0.5, 0.6) is 0 Å². The molecule has 6 heteroatoms. The number of aldehydes is 1. The van der Waals surface area contributed by atoms with E-state index in [0.717, 1.165) is 18.4 Å². The van der Waals surface area contributed by atoms with Crippen molar-refractivity contribution in [3.8, 4) is 0 Å². The predicted molar refractivity (Wildman–Crippen MR) is 81.9 cm³/mol. The van der Waals surface area contributed by atoms with E-state index in [0.29, 0.717) is 22.3 Å². The van der Waals surface area contributed by atoms with Gasteiger partial charge in [-0.05, 0) is 30.3 Å². The quantitative estimate of drug-likeness (QED) is 0.705. The van der Waals surface area contributed by atoms with Gasteiger partial charge < -0.3 is 5.32 Å². The molecular formula is C17H11F3N2O. The fourth-order valence-corrected chi connectivity index (χ4v) is 2.28. The number of nitrogens with one attached hydrogen (secondary N) is 1. The van der Waals surface area contributed by atoms with E-state index in [9.17, 15) is 18.0 Å². The number of carbonyl (C=O) groups is 1. The summed E-state index contributed by atoms with van der Waals surface area (Å²) in [5.41, 5.74) is 1.30. The van der Waals surface area contributed by atoms with Gasteiger partial charge in [0.1, 0.15) is 6.29 Å². The average molecular weight is 316 g/mol. The molecule has 0 radical (unpaired) electrons. The van der Waals surface area contributed by atoms with Gasteiger partial charge >= 0.3 is 6.18 Å². The fraction of sp³-hybridized carbons (Fsp3) is 0.0588. The molecule has 3 rings (SSSR count). The zero-order chi connectivity index (χ0) is 16.4. The second-order valence-corrected chi connectivity index (χ2v) is 4.96. The largest absolute Gasteiger partial charge is 0.416 e. The number of anilines is 2. The van der Waals surface area contributed by atoms with Crippen molar-refractivity contribution in [2.24, 2.45) is 0 Å². The summed E-state index contributed by atoms with van der Waals surface area (Å²) in [6.07, 6.45) is -2.24. The second-order valence-electron chi connectivity index (χ2n) is 4.96. The van der Waals surface area contributed by atoms with E-state index < -0.39 is 11.7 Å². The number of rotatable bonds is 3. The summed E-state index contributed by atoms with van der Waals surface area (Å²) in [4.78, 5) is 14.8. The summed E-state index contributed by atoms with van der Waals surface area (Å²) < 4.78 is 38.3. The summed E-state index contributed by atoms with van der Waals surface area (Å²) in [5.74, 6) is 0. The Kier molecular flexibility index (Phi) is 3.73. The number of pyridine rings is 1. The van der Waals surface area contributed by atoms with Gasteiger partial charge in [0.25, 0.3) is 0 Å². The van der Waals surface area contributed by atoms with Crippen molar-refractivity contribution in [1.82, 2.24) is 4.98 Å². The molecular weight excluding hydrogens is 305 g/mol. The van der Waals surface area contributed by atoms with Crippen molar-refractivity contribution in [3.63, 3.8) is 0 Å². The van der Waals surface area contributed by atoms with Gasteiger partial charge in [-0.2, -0.15) is 13.2 Å². The normalized spacial score (nSPS) is 11.4. The number of alkyl halides is 3. The maximum Gasteiger partial charge on any atom is 0.416 e. The lowest BCUT2D eigenvalue weighted by Crippen LogP contribution is -2.04. The Morgan fingerprint density at radius 2 is 1.87 bits per heavy atom. The van der Waals surface area contributed by atoms with Gasteiger partial charge in [0.05, 0.1) is 11.1 Å². The maximum absolute atomic E-state index is 12.8. The van der Waals surface area contributed by atoms with Gasteiger partial charge in [-0.1, -0.05) is 18.2 Å². The first-order chi connectivity index (χ1) is 11.0. The van der Waals surface area contributed by atoms with Crippen LogP contribution < -0.4 is 5.32 Å². The summed E-state index contributed by atoms with van der Waals surface area (Å²) in [5, 5.41) is 3.67. The summed E-state index contributed by atoms with van der Waals surface area (Å²) >= 11 is 0. The lowest BCUT2D eigenvalue weighted by Gasteiger charge is -2.12. The third-order valence-corrected chi connectivity index (χ3v) is 3.37. The first-order valence-corrected chi connectivity index (χ1v) is 6.75. The van der Waals surface area contributed by atoms with Gasteiger partial charge in [0.2, 0.25) is 0 Å². The van der Waals surface area contributed by atoms with E-state index in [1.807, 2.05) is 0 Å². The van der Waals surface area contributed by atoms with Crippen molar-refractivity contribution in [3.05, 3.63) is 65.9 Å². The molecule has 0 bridgehead atoms. The molecule has 0 aliphatic carbocycles. The Morgan fingerprint density at radius 1 is 1.04 bits per heavy atom. The fourth-order valence-electron chi connectivity index (χ4n) is 2.28. The lowest BCUT2D eigenvalue weighted by molar-refractivity contribution is -0.137. The Bertz CT molecular complexity index is 875. The van der Waals surface area contributed by atoms with Gasteiger partial charge in [-0.3, -0.25) is 9.78 Å². The van der Waals surface area contributed by atoms with Gasteiger partial charge in [0, 0.05) is 28.5 Å². The molecule has 0 fully saturated rings. The molecule has 0 aliphatic heterocycles. The molecule has 3 aromatic rings. The summed E-state index contributed by atoms with van der Waals surface area (Å²) in [6.45, 7) is 0. The lowest BCUT2D eigenvalue weighted by atomic mass is 10.1. The highest BCUT2D eigenvalue weighted by molar-refractivity contribution is 5.93. The second kappa shape index (κ2) is 5.72. The number of carbonyl (C=O) groups excluding carboxylic acids is 1. The van der Waals surface area contributed by atoms with Gasteiger partial charge in [-0.15, -0.1) is 0 Å². The van der Waals surface area contributed by atoms with Gasteiger partial charge in [0.15, 0.2) is 0 Å². The van der Waals surface area contributed by atoms with Crippen molar-refractivity contribution in [2.75, 3.05) is 5.32 Å². The molecule has 2 aromatic carbocycles. The number of hydrogen-bond acceptors (Lipinski definition) is 3. The molecule has 0 spiro atoms. The van der Waals surface area contributed by atoms with Crippen molar-refractivity contribution in [1.29, 1.82) is 0 Å². The maximum atomic E-state index is 12.8. The Balaban J connectivity index is 2.02. The Hall–Kier alpha value is -2.89. The van der Waals surface area contributed by atoms with Gasteiger partial charge in [-0.25, -0.2) is 0 Å². The monoisotopic (exact) mass is 316 g/mol. The molecule has 0 atom stereocenters. The number of aromatic nitrogens is 1. The average Bonchev–Trinajstić information content (AvgIpc) is 2.54. The summed E-state index contributed by atoms with van der Waals surface area (Å²) in [6, 6.07) is 11.9. The topological polar surface area (TPSA) is 42.0 Å². The van der Waals surface area contributed by atoms with Crippen molar-refractivity contribution >= 4 is 28.6 Å². The smallest absolute Gasteiger partial charge is 0.355 e. The van der Waals surface area contributed by atoms with Crippen molar-refractivity contribution in [2.45, 2.75) is 6.18 Å². The first kappa shape index (κ1) is 15.0. The molecule has 0 saturated carbocycles. The molecule has 116 valence electrons. The minimum absolute atomic E-state index is 0.247. The SMILES string of the molecule is O=Cc1cccc(Nc2ccnc3cc(C(F)(F)F)ccc23)c1. The molecule has 0 saturated heterocycles. The summed E-state index contributed by atoms with van der Waals surface area (Å²) in [7, 11) is 0. The molecule has 1 N–H and O–H groups in total. The van der Waals surface area contributed by atoms with E-state index in [1.165, 1.54) is 12.3 Å². The van der Waals surface area contributed by atoms with Crippen LogP contribution in [0.25, 0.3) is 10.9 Å². The van der Waals surface area contributed by atoms with Crippen LogP contribution in [0.2, 0.25) is 0 Å². The van der Waals surface area contributed by atoms with Crippen LogP contribution in [-0.2, 0) is 6.18 Å². The van der Waals surface area contributed by atoms with Crippen molar-refractivity contribution < 1.29 is 18.0 Å². The number of hydrogen-bond donors (Lipinski definition) is 1. The highest BCUT2D eigenvalue weighted by Gasteiger charge is 2.30. The minimum atomic E-state index is -4.41. The number of fused-ring (bicyclic) bond motifs is 1. The standard InChI is InChI=1S/C17H11F3N2O/c18-17(19,20)12-4-5-14-15(6-7-21-16(14)9-12)22-13-3-1-2-11(8-13)10-23/h1-10H,(H,21,22). The van der Waals surface area contributed by atoms with Crippen LogP contribution in [0.1, 0.15) is 15.9 Å². The third-order valence-electron chi connectivity index (χ3n) is 3.37. The van der Waals surface area contributed by atoms with Crippen LogP contribution in [-0.4, -0.2) is 11.3 Å². The highest BCUT2D eigenvalue weighted by atomic mass is 19.4. The van der Waals surface area contributed by atoms with Crippen LogP contribution in [0.3, 0.4) is 0 Å². The number of halogens is 3. The highest BCUT2D eigenvalue weighted by Crippen LogP contribution is 2.33. The van der Waals surface area contributed by atoms with E-state index >= 15 is 0 Å². The van der Waals surface area contributed by atoms with E-state index in [1.54, 1.807) is 30.3 Å². The molecule has 0 amide bonds. The van der Waals surface area contributed by atoms with Crippen LogP contribution in [0.15, 0.2) is 54.7 Å². The third kappa shape index (κ3) is 3.15. The number of benzene rings is 2. The molecule has 0 unspecified atom stereocenters. The Morgan fingerprint density at radius 3 is 2.61 bits per heavy atom. The molecule has 1 heterocycles. The molecule has 23 heavy (non-hydrogen) atoms. The van der Waals surface area contributed by atoms with E-state index in [2.05, 4.69) is 10.3 Å². The van der Waals surface area contributed by atoms with Crippen LogP contribution >= 0.6 is 0 Å². The molecule has 3 nitrogen and oxygen atoms in total. The van der Waals surface area contributed by atoms with Crippen LogP contribution in [0, 0.1) is 0 Å². The predicted octanol–water partition coefficient (Wildman–Crippen LogP) is 4.81. The number of nitrogens with zero attached hydrogens (tertiary/aromatic N) is 1. The zero-order valence-electron chi connectivity index (χ0n) is 11.8. The minimum Gasteiger partial charge on any atom is -0.355 e.